The van der Waals surface area contributed by atoms with Gasteiger partial charge in [0.05, 0.1) is 6.10 Å². The average molecular weight is 249 g/mol. The molecule has 1 aromatic rings. The molecule has 0 spiro atoms. The maximum Gasteiger partial charge on any atom is 0.106 e. The first-order valence-electron chi connectivity index (χ1n) is 6.28. The van der Waals surface area contributed by atoms with Gasteiger partial charge in [-0.05, 0) is 24.8 Å². The average Bonchev–Trinajstić information content (AvgIpc) is 2.89. The molecule has 1 fully saturated rings. The fourth-order valence-electron chi connectivity index (χ4n) is 2.01. The van der Waals surface area contributed by atoms with Gasteiger partial charge in [0.25, 0.3) is 0 Å². The number of hydrogen-bond acceptors (Lipinski definition) is 2. The number of ether oxygens (including phenoxy) is 1. The molecule has 2 rings (SSSR count). The molecule has 92 valence electrons. The third kappa shape index (κ3) is 3.51. The Morgan fingerprint density at radius 2 is 2.18 bits per heavy atom. The van der Waals surface area contributed by atoms with Gasteiger partial charge in [-0.25, -0.2) is 0 Å². The first kappa shape index (κ1) is 12.5. The fourth-order valence-corrected chi connectivity index (χ4v) is 2.23. The molecule has 3 heteroatoms. The van der Waals surface area contributed by atoms with Crippen LogP contribution in [0.5, 0.6) is 0 Å². The summed E-state index contributed by atoms with van der Waals surface area (Å²) in [4.78, 5) is 0.822. The summed E-state index contributed by atoms with van der Waals surface area (Å²) in [5.74, 6) is 0. The molecule has 1 atom stereocenters. The molecular weight excluding hydrogens is 230 g/mol. The topological polar surface area (TPSA) is 21.3 Å². The Kier molecular flexibility index (Phi) is 4.51. The highest BCUT2D eigenvalue weighted by atomic mass is 32.1. The van der Waals surface area contributed by atoms with Crippen LogP contribution in [0, 0.1) is 0 Å². The maximum atomic E-state index is 5.55. The highest BCUT2D eigenvalue weighted by Crippen LogP contribution is 2.11. The summed E-state index contributed by atoms with van der Waals surface area (Å²) in [6.45, 7) is 3.88. The van der Waals surface area contributed by atoms with Gasteiger partial charge in [-0.1, -0.05) is 43.4 Å². The maximum absolute atomic E-state index is 5.55. The molecule has 1 aromatic carbocycles. The van der Waals surface area contributed by atoms with Crippen LogP contribution in [-0.2, 0) is 11.2 Å². The lowest BCUT2D eigenvalue weighted by atomic mass is 10.1. The zero-order valence-electron chi connectivity index (χ0n) is 10.2. The Labute approximate surface area is 108 Å². The standard InChI is InChI=1S/C14H19NOS/c1-2-11-5-7-12(8-6-11)14(17)15-10-13-4-3-9-16-13/h5-8,13H,2-4,9-10H2,1H3,(H,15,17)/t13-/m1/s1. The molecule has 17 heavy (non-hydrogen) atoms. The van der Waals surface area contributed by atoms with Gasteiger partial charge in [0, 0.05) is 18.7 Å². The molecule has 0 aromatic heterocycles. The van der Waals surface area contributed by atoms with Gasteiger partial charge in [0.1, 0.15) is 4.99 Å². The van der Waals surface area contributed by atoms with Gasteiger partial charge in [0.15, 0.2) is 0 Å². The molecule has 1 N–H and O–H groups in total. The summed E-state index contributed by atoms with van der Waals surface area (Å²) < 4.78 is 5.55. The Balaban J connectivity index is 1.85. The van der Waals surface area contributed by atoms with E-state index in [0.29, 0.717) is 6.10 Å². The van der Waals surface area contributed by atoms with Crippen molar-refractivity contribution in [2.24, 2.45) is 0 Å². The van der Waals surface area contributed by atoms with E-state index in [9.17, 15) is 0 Å². The summed E-state index contributed by atoms with van der Waals surface area (Å²) >= 11 is 5.37. The molecule has 1 saturated heterocycles. The number of nitrogens with one attached hydrogen (secondary N) is 1. The summed E-state index contributed by atoms with van der Waals surface area (Å²) in [7, 11) is 0. The third-order valence-corrected chi connectivity index (χ3v) is 3.52. The second-order valence-corrected chi connectivity index (χ2v) is 4.80. The molecule has 1 aliphatic heterocycles. The predicted octanol–water partition coefficient (Wildman–Crippen LogP) is 2.69. The molecule has 1 heterocycles. The SMILES string of the molecule is CCc1ccc(C(=S)NC[C@H]2CCCO2)cc1. The quantitative estimate of drug-likeness (QED) is 0.829. The van der Waals surface area contributed by atoms with E-state index < -0.39 is 0 Å². The van der Waals surface area contributed by atoms with Gasteiger partial charge >= 0.3 is 0 Å². The summed E-state index contributed by atoms with van der Waals surface area (Å²) in [6.07, 6.45) is 3.72. The fraction of sp³-hybridized carbons (Fsp3) is 0.500. The third-order valence-electron chi connectivity index (χ3n) is 3.14. The first-order chi connectivity index (χ1) is 8.29. The van der Waals surface area contributed by atoms with E-state index >= 15 is 0 Å². The van der Waals surface area contributed by atoms with E-state index in [1.54, 1.807) is 0 Å². The molecule has 0 aliphatic carbocycles. The van der Waals surface area contributed by atoms with Gasteiger partial charge in [-0.3, -0.25) is 0 Å². The van der Waals surface area contributed by atoms with Crippen molar-refractivity contribution in [2.45, 2.75) is 32.3 Å². The van der Waals surface area contributed by atoms with Gasteiger partial charge < -0.3 is 10.1 Å². The van der Waals surface area contributed by atoms with Crippen LogP contribution in [0.25, 0.3) is 0 Å². The molecule has 0 amide bonds. The Morgan fingerprint density at radius 3 is 2.76 bits per heavy atom. The molecule has 2 nitrogen and oxygen atoms in total. The van der Waals surface area contributed by atoms with Gasteiger partial charge in [-0.15, -0.1) is 0 Å². The monoisotopic (exact) mass is 249 g/mol. The van der Waals surface area contributed by atoms with Crippen molar-refractivity contribution in [2.75, 3.05) is 13.2 Å². The molecule has 0 saturated carbocycles. The van der Waals surface area contributed by atoms with E-state index in [1.165, 1.54) is 12.0 Å². The Bertz CT molecular complexity index is 368. The normalized spacial score (nSPS) is 19.2. The van der Waals surface area contributed by atoms with Crippen LogP contribution in [0.3, 0.4) is 0 Å². The highest BCUT2D eigenvalue weighted by molar-refractivity contribution is 7.80. The van der Waals surface area contributed by atoms with E-state index in [1.807, 2.05) is 0 Å². The van der Waals surface area contributed by atoms with E-state index in [0.717, 1.165) is 36.5 Å². The van der Waals surface area contributed by atoms with Crippen molar-refractivity contribution < 1.29 is 4.74 Å². The highest BCUT2D eigenvalue weighted by Gasteiger charge is 2.15. The second kappa shape index (κ2) is 6.12. The van der Waals surface area contributed by atoms with Crippen molar-refractivity contribution in [1.82, 2.24) is 5.32 Å². The lowest BCUT2D eigenvalue weighted by Crippen LogP contribution is -2.31. The minimum atomic E-state index is 0.336. The van der Waals surface area contributed by atoms with Crippen molar-refractivity contribution >= 4 is 17.2 Å². The minimum Gasteiger partial charge on any atom is -0.376 e. The van der Waals surface area contributed by atoms with Crippen molar-refractivity contribution in [1.29, 1.82) is 0 Å². The van der Waals surface area contributed by atoms with Crippen molar-refractivity contribution in [3.05, 3.63) is 35.4 Å². The zero-order chi connectivity index (χ0) is 12.1. The lowest BCUT2D eigenvalue weighted by Gasteiger charge is -2.12. The van der Waals surface area contributed by atoms with Crippen molar-refractivity contribution in [3.63, 3.8) is 0 Å². The van der Waals surface area contributed by atoms with Crippen LogP contribution in [-0.4, -0.2) is 24.2 Å². The number of aryl methyl sites for hydroxylation is 1. The van der Waals surface area contributed by atoms with Crippen LogP contribution < -0.4 is 5.32 Å². The molecule has 0 radical (unpaired) electrons. The molecule has 0 unspecified atom stereocenters. The second-order valence-electron chi connectivity index (χ2n) is 4.40. The van der Waals surface area contributed by atoms with Crippen LogP contribution in [0.2, 0.25) is 0 Å². The molecule has 0 bridgehead atoms. The van der Waals surface area contributed by atoms with E-state index in [2.05, 4.69) is 36.5 Å². The van der Waals surface area contributed by atoms with Gasteiger partial charge in [0.2, 0.25) is 0 Å². The lowest BCUT2D eigenvalue weighted by molar-refractivity contribution is 0.114. The van der Waals surface area contributed by atoms with Crippen LogP contribution in [0.15, 0.2) is 24.3 Å². The number of thiocarbonyl (C=S) groups is 1. The van der Waals surface area contributed by atoms with Crippen LogP contribution in [0.4, 0.5) is 0 Å². The number of benzene rings is 1. The van der Waals surface area contributed by atoms with Crippen LogP contribution >= 0.6 is 12.2 Å². The molecular formula is C14H19NOS. The summed E-state index contributed by atoms with van der Waals surface area (Å²) in [5.41, 5.74) is 2.44. The van der Waals surface area contributed by atoms with Gasteiger partial charge in [-0.2, -0.15) is 0 Å². The Hall–Kier alpha value is -0.930. The number of hydrogen-bond donors (Lipinski definition) is 1. The predicted molar refractivity (Wildman–Crippen MR) is 74.5 cm³/mol. The van der Waals surface area contributed by atoms with E-state index in [4.69, 9.17) is 17.0 Å². The number of rotatable bonds is 4. The zero-order valence-corrected chi connectivity index (χ0v) is 11.1. The van der Waals surface area contributed by atoms with Crippen LogP contribution in [0.1, 0.15) is 30.9 Å². The summed E-state index contributed by atoms with van der Waals surface area (Å²) in [6, 6.07) is 8.44. The minimum absolute atomic E-state index is 0.336. The van der Waals surface area contributed by atoms with Crippen molar-refractivity contribution in [3.8, 4) is 0 Å². The summed E-state index contributed by atoms with van der Waals surface area (Å²) in [5, 5.41) is 3.28. The Morgan fingerprint density at radius 1 is 1.41 bits per heavy atom. The largest absolute Gasteiger partial charge is 0.376 e. The smallest absolute Gasteiger partial charge is 0.106 e. The molecule has 1 aliphatic rings. The van der Waals surface area contributed by atoms with E-state index in [-0.39, 0.29) is 0 Å². The first-order valence-corrected chi connectivity index (χ1v) is 6.69.